The van der Waals surface area contributed by atoms with Crippen LogP contribution < -0.4 is 5.73 Å². The van der Waals surface area contributed by atoms with Crippen molar-refractivity contribution >= 4 is 22.4 Å². The third-order valence-corrected chi connectivity index (χ3v) is 3.76. The van der Waals surface area contributed by atoms with Crippen molar-refractivity contribution in [2.75, 3.05) is 25.9 Å². The van der Waals surface area contributed by atoms with E-state index in [1.54, 1.807) is 0 Å². The summed E-state index contributed by atoms with van der Waals surface area (Å²) >= 11 is 0. The Balaban J connectivity index is 0.00000169. The summed E-state index contributed by atoms with van der Waals surface area (Å²) in [4.78, 5) is 0. The summed E-state index contributed by atoms with van der Waals surface area (Å²) in [5.74, 6) is 0. The molecule has 0 radical (unpaired) electrons. The first-order valence-electron chi connectivity index (χ1n) is 4.21. The average molecular weight is 247 g/mol. The highest BCUT2D eigenvalue weighted by Gasteiger charge is 2.35. The number of hydrogen-bond acceptors (Lipinski definition) is 3. The topological polar surface area (TPSA) is 63.4 Å². The van der Waals surface area contributed by atoms with Crippen LogP contribution in [0, 0.1) is 0 Å². The largest absolute Gasteiger partial charge is 0.328 e. The maximum Gasteiger partial charge on any atom is 0.211 e. The third-order valence-electron chi connectivity index (χ3n) is 2.45. The fourth-order valence-electron chi connectivity index (χ4n) is 1.42. The molecular formula is C7H16ClFN2O2S. The Kier molecular flexibility index (Phi) is 4.77. The van der Waals surface area contributed by atoms with Crippen LogP contribution in [-0.2, 0) is 10.0 Å². The lowest BCUT2D eigenvalue weighted by atomic mass is 9.95. The molecule has 1 saturated heterocycles. The number of sulfonamides is 1. The fourth-order valence-corrected chi connectivity index (χ4v) is 2.27. The summed E-state index contributed by atoms with van der Waals surface area (Å²) in [5.41, 5.74) is 3.89. The van der Waals surface area contributed by atoms with Gasteiger partial charge in [-0.2, -0.15) is 0 Å². The molecule has 0 bridgehead atoms. The van der Waals surface area contributed by atoms with E-state index in [-0.39, 0.29) is 44.9 Å². The maximum absolute atomic E-state index is 13.5. The van der Waals surface area contributed by atoms with E-state index in [1.165, 1.54) is 4.31 Å². The molecule has 0 aromatic heterocycles. The van der Waals surface area contributed by atoms with Crippen LogP contribution in [0.1, 0.15) is 12.8 Å². The molecule has 7 heteroatoms. The van der Waals surface area contributed by atoms with Crippen molar-refractivity contribution in [2.24, 2.45) is 5.73 Å². The van der Waals surface area contributed by atoms with Crippen LogP contribution in [0.2, 0.25) is 0 Å². The van der Waals surface area contributed by atoms with Crippen molar-refractivity contribution in [3.05, 3.63) is 0 Å². The monoisotopic (exact) mass is 246 g/mol. The van der Waals surface area contributed by atoms with Gasteiger partial charge in [-0.3, -0.25) is 0 Å². The second-order valence-corrected chi connectivity index (χ2v) is 5.50. The van der Waals surface area contributed by atoms with Gasteiger partial charge in [0.2, 0.25) is 10.0 Å². The van der Waals surface area contributed by atoms with Gasteiger partial charge in [0.05, 0.1) is 6.26 Å². The van der Waals surface area contributed by atoms with E-state index in [2.05, 4.69) is 0 Å². The van der Waals surface area contributed by atoms with Gasteiger partial charge in [0.15, 0.2) is 0 Å². The zero-order chi connectivity index (χ0) is 10.1. The van der Waals surface area contributed by atoms with Crippen LogP contribution in [0.4, 0.5) is 4.39 Å². The highest BCUT2D eigenvalue weighted by atomic mass is 35.5. The van der Waals surface area contributed by atoms with Crippen molar-refractivity contribution in [1.29, 1.82) is 0 Å². The second-order valence-electron chi connectivity index (χ2n) is 3.52. The molecule has 0 amide bonds. The van der Waals surface area contributed by atoms with Crippen LogP contribution in [0.25, 0.3) is 0 Å². The smallest absolute Gasteiger partial charge is 0.211 e. The van der Waals surface area contributed by atoms with Crippen molar-refractivity contribution in [1.82, 2.24) is 4.31 Å². The first-order valence-corrected chi connectivity index (χ1v) is 6.06. The summed E-state index contributed by atoms with van der Waals surface area (Å²) < 4.78 is 36.9. The van der Waals surface area contributed by atoms with E-state index in [4.69, 9.17) is 5.73 Å². The van der Waals surface area contributed by atoms with Crippen molar-refractivity contribution < 1.29 is 12.8 Å². The van der Waals surface area contributed by atoms with Gasteiger partial charge in [-0.05, 0) is 12.8 Å². The molecule has 0 atom stereocenters. The average Bonchev–Trinajstić information content (AvgIpc) is 2.04. The second kappa shape index (κ2) is 4.74. The Morgan fingerprint density at radius 2 is 1.86 bits per heavy atom. The van der Waals surface area contributed by atoms with E-state index in [0.29, 0.717) is 0 Å². The van der Waals surface area contributed by atoms with E-state index in [0.717, 1.165) is 6.26 Å². The minimum atomic E-state index is -3.16. The van der Waals surface area contributed by atoms with Crippen LogP contribution in [0.15, 0.2) is 0 Å². The summed E-state index contributed by atoms with van der Waals surface area (Å²) in [5, 5.41) is 0. The minimum Gasteiger partial charge on any atom is -0.328 e. The van der Waals surface area contributed by atoms with Gasteiger partial charge < -0.3 is 5.73 Å². The Labute approximate surface area is 90.1 Å². The molecule has 0 aromatic carbocycles. The molecule has 1 rings (SSSR count). The molecule has 0 spiro atoms. The lowest BCUT2D eigenvalue weighted by Crippen LogP contribution is -2.47. The minimum absolute atomic E-state index is 0. The first-order chi connectivity index (χ1) is 5.87. The Hall–Kier alpha value is 0.0900. The van der Waals surface area contributed by atoms with E-state index in [1.807, 2.05) is 0 Å². The Morgan fingerprint density at radius 1 is 1.43 bits per heavy atom. The summed E-state index contributed by atoms with van der Waals surface area (Å²) in [6.45, 7) is 0.462. The SMILES string of the molecule is CS(=O)(=O)N1CCC(F)(CN)CC1.Cl. The molecule has 1 aliphatic heterocycles. The molecule has 1 aliphatic rings. The predicted octanol–water partition coefficient (Wildman–Crippen LogP) is 0.131. The van der Waals surface area contributed by atoms with E-state index in [9.17, 15) is 12.8 Å². The maximum atomic E-state index is 13.5. The quantitative estimate of drug-likeness (QED) is 0.754. The molecule has 0 unspecified atom stereocenters. The number of nitrogens with zero attached hydrogens (tertiary/aromatic N) is 1. The predicted molar refractivity (Wildman–Crippen MR) is 55.8 cm³/mol. The summed E-state index contributed by atoms with van der Waals surface area (Å²) in [7, 11) is -3.16. The van der Waals surface area contributed by atoms with Crippen LogP contribution in [-0.4, -0.2) is 44.3 Å². The highest BCUT2D eigenvalue weighted by Crippen LogP contribution is 2.26. The van der Waals surface area contributed by atoms with Gasteiger partial charge in [0, 0.05) is 19.6 Å². The molecule has 0 saturated carbocycles. The van der Waals surface area contributed by atoms with Crippen LogP contribution in [0.5, 0.6) is 0 Å². The number of piperidine rings is 1. The normalized spacial score (nSPS) is 22.8. The van der Waals surface area contributed by atoms with Crippen LogP contribution in [0.3, 0.4) is 0 Å². The van der Waals surface area contributed by atoms with Crippen molar-refractivity contribution in [3.63, 3.8) is 0 Å². The Morgan fingerprint density at radius 3 is 2.14 bits per heavy atom. The number of hydrogen-bond donors (Lipinski definition) is 1. The fraction of sp³-hybridized carbons (Fsp3) is 1.00. The Bertz CT molecular complexity index is 275. The lowest BCUT2D eigenvalue weighted by Gasteiger charge is -2.34. The third kappa shape index (κ3) is 3.34. The first kappa shape index (κ1) is 14.1. The molecular weight excluding hydrogens is 231 g/mol. The van der Waals surface area contributed by atoms with Gasteiger partial charge >= 0.3 is 0 Å². The van der Waals surface area contributed by atoms with Gasteiger partial charge in [0.25, 0.3) is 0 Å². The molecule has 4 nitrogen and oxygen atoms in total. The number of rotatable bonds is 2. The summed E-state index contributed by atoms with van der Waals surface area (Å²) in [6.07, 6.45) is 1.55. The van der Waals surface area contributed by atoms with Gasteiger partial charge in [-0.15, -0.1) is 12.4 Å². The molecule has 1 fully saturated rings. The molecule has 14 heavy (non-hydrogen) atoms. The zero-order valence-corrected chi connectivity index (χ0v) is 9.70. The van der Waals surface area contributed by atoms with Crippen molar-refractivity contribution in [2.45, 2.75) is 18.5 Å². The highest BCUT2D eigenvalue weighted by molar-refractivity contribution is 7.88. The lowest BCUT2D eigenvalue weighted by molar-refractivity contribution is 0.0976. The number of nitrogens with two attached hydrogens (primary N) is 1. The number of alkyl halides is 1. The van der Waals surface area contributed by atoms with E-state index < -0.39 is 15.7 Å². The molecule has 86 valence electrons. The number of halogens is 2. The molecule has 0 aromatic rings. The van der Waals surface area contributed by atoms with Gasteiger partial charge in [0.1, 0.15) is 5.67 Å². The van der Waals surface area contributed by atoms with Gasteiger partial charge in [-0.25, -0.2) is 17.1 Å². The zero-order valence-electron chi connectivity index (χ0n) is 8.07. The molecule has 0 aliphatic carbocycles. The van der Waals surface area contributed by atoms with Crippen molar-refractivity contribution in [3.8, 4) is 0 Å². The van der Waals surface area contributed by atoms with E-state index >= 15 is 0 Å². The van der Waals surface area contributed by atoms with Gasteiger partial charge in [-0.1, -0.05) is 0 Å². The standard InChI is InChI=1S/C7H15FN2O2S.ClH/c1-13(11,12)10-4-2-7(8,6-9)3-5-10;/h2-6,9H2,1H3;1H. The molecule has 1 heterocycles. The molecule has 2 N–H and O–H groups in total. The van der Waals surface area contributed by atoms with Crippen LogP contribution >= 0.6 is 12.4 Å². The summed E-state index contributed by atoms with van der Waals surface area (Å²) in [6, 6.07) is 0.